The average molecular weight is 376 g/mol. The van der Waals surface area contributed by atoms with E-state index in [1.165, 1.54) is 19.1 Å². The molecule has 0 saturated carbocycles. The number of nitro benzene ring substituents is 1. The molecule has 0 aliphatic heterocycles. The molecule has 0 heterocycles. The van der Waals surface area contributed by atoms with Crippen molar-refractivity contribution in [3.8, 4) is 0 Å². The van der Waals surface area contributed by atoms with Crippen LogP contribution in [0.2, 0.25) is 5.02 Å². The number of hydrogen-bond acceptors (Lipinski definition) is 4. The first-order valence-corrected chi connectivity index (χ1v) is 8.34. The highest BCUT2D eigenvalue weighted by Crippen LogP contribution is 2.25. The van der Waals surface area contributed by atoms with Crippen LogP contribution in [-0.4, -0.2) is 22.8 Å². The largest absolute Gasteiger partial charge is 0.341 e. The molecule has 7 nitrogen and oxygen atoms in total. The summed E-state index contributed by atoms with van der Waals surface area (Å²) in [5.74, 6) is -0.996. The fourth-order valence-electron chi connectivity index (χ4n) is 2.26. The van der Waals surface area contributed by atoms with Crippen molar-refractivity contribution in [2.45, 2.75) is 26.3 Å². The molecule has 0 saturated heterocycles. The summed E-state index contributed by atoms with van der Waals surface area (Å²) in [5.41, 5.74) is 1.40. The van der Waals surface area contributed by atoms with Crippen molar-refractivity contribution < 1.29 is 14.5 Å². The first-order valence-electron chi connectivity index (χ1n) is 7.96. The first kappa shape index (κ1) is 19.4. The molecule has 0 spiro atoms. The molecule has 0 aliphatic carbocycles. The molecule has 2 amide bonds. The maximum Gasteiger partial charge on any atom is 0.288 e. The highest BCUT2D eigenvalue weighted by atomic mass is 35.5. The molecule has 2 aromatic rings. The second kappa shape index (κ2) is 8.44. The van der Waals surface area contributed by atoms with Gasteiger partial charge in [0.05, 0.1) is 4.92 Å². The van der Waals surface area contributed by atoms with Gasteiger partial charge in [-0.05, 0) is 43.2 Å². The quantitative estimate of drug-likeness (QED) is 0.595. The van der Waals surface area contributed by atoms with Gasteiger partial charge in [-0.15, -0.1) is 0 Å². The monoisotopic (exact) mass is 375 g/mol. The number of nitro groups is 1. The summed E-state index contributed by atoms with van der Waals surface area (Å²) in [7, 11) is 0. The number of nitrogens with one attached hydrogen (secondary N) is 2. The van der Waals surface area contributed by atoms with Crippen molar-refractivity contribution in [3.05, 3.63) is 68.7 Å². The SMILES string of the molecule is CCc1cccc(NC(=O)[C@H](C)NC(=O)c2ccc(Cl)c([N+](=O)[O-])c2)c1. The van der Waals surface area contributed by atoms with Crippen LogP contribution >= 0.6 is 11.6 Å². The lowest BCUT2D eigenvalue weighted by Gasteiger charge is -2.14. The van der Waals surface area contributed by atoms with Gasteiger partial charge in [-0.3, -0.25) is 19.7 Å². The zero-order valence-electron chi connectivity index (χ0n) is 14.3. The van der Waals surface area contributed by atoms with Crippen LogP contribution in [0.4, 0.5) is 11.4 Å². The second-order valence-electron chi connectivity index (χ2n) is 5.66. The Bertz CT molecular complexity index is 854. The number of carbonyl (C=O) groups is 2. The third kappa shape index (κ3) is 4.80. The highest BCUT2D eigenvalue weighted by molar-refractivity contribution is 6.32. The average Bonchev–Trinajstić information content (AvgIpc) is 2.61. The van der Waals surface area contributed by atoms with Crippen molar-refractivity contribution in [1.29, 1.82) is 0 Å². The number of amides is 2. The number of hydrogen-bond donors (Lipinski definition) is 2. The minimum atomic E-state index is -0.831. The summed E-state index contributed by atoms with van der Waals surface area (Å²) in [4.78, 5) is 34.7. The van der Waals surface area contributed by atoms with Gasteiger partial charge < -0.3 is 10.6 Å². The van der Waals surface area contributed by atoms with Gasteiger partial charge in [-0.2, -0.15) is 0 Å². The van der Waals surface area contributed by atoms with E-state index in [4.69, 9.17) is 11.6 Å². The molecule has 8 heteroatoms. The molecule has 0 aliphatic rings. The van der Waals surface area contributed by atoms with Crippen LogP contribution < -0.4 is 10.6 Å². The molecular formula is C18H18ClN3O4. The maximum absolute atomic E-state index is 12.3. The molecule has 0 bridgehead atoms. The van der Waals surface area contributed by atoms with Crippen LogP contribution in [0.3, 0.4) is 0 Å². The van der Waals surface area contributed by atoms with E-state index in [1.807, 2.05) is 25.1 Å². The van der Waals surface area contributed by atoms with Gasteiger partial charge in [-0.25, -0.2) is 0 Å². The Morgan fingerprint density at radius 1 is 1.23 bits per heavy atom. The van der Waals surface area contributed by atoms with Crippen LogP contribution in [0.1, 0.15) is 29.8 Å². The summed E-state index contributed by atoms with van der Waals surface area (Å²) in [6, 6.07) is 10.3. The van der Waals surface area contributed by atoms with E-state index in [1.54, 1.807) is 6.07 Å². The lowest BCUT2D eigenvalue weighted by atomic mass is 10.1. The molecular weight excluding hydrogens is 358 g/mol. The summed E-state index contributed by atoms with van der Waals surface area (Å²) in [5, 5.41) is 16.1. The van der Waals surface area contributed by atoms with E-state index in [0.29, 0.717) is 5.69 Å². The molecule has 2 rings (SSSR count). The highest BCUT2D eigenvalue weighted by Gasteiger charge is 2.20. The Morgan fingerprint density at radius 2 is 1.96 bits per heavy atom. The summed E-state index contributed by atoms with van der Waals surface area (Å²) in [6.45, 7) is 3.54. The van der Waals surface area contributed by atoms with Gasteiger partial charge in [0.2, 0.25) is 5.91 Å². The van der Waals surface area contributed by atoms with Crippen LogP contribution in [0.5, 0.6) is 0 Å². The normalized spacial score (nSPS) is 11.5. The Morgan fingerprint density at radius 3 is 2.62 bits per heavy atom. The number of benzene rings is 2. The topological polar surface area (TPSA) is 101 Å². The van der Waals surface area contributed by atoms with Crippen molar-refractivity contribution in [2.75, 3.05) is 5.32 Å². The van der Waals surface area contributed by atoms with E-state index in [2.05, 4.69) is 10.6 Å². The number of nitrogens with zero attached hydrogens (tertiary/aromatic N) is 1. The minimum absolute atomic E-state index is 0.0498. The van der Waals surface area contributed by atoms with Crippen molar-refractivity contribution >= 4 is 34.8 Å². The van der Waals surface area contributed by atoms with E-state index < -0.39 is 22.8 Å². The lowest BCUT2D eigenvalue weighted by Crippen LogP contribution is -2.41. The molecule has 2 N–H and O–H groups in total. The minimum Gasteiger partial charge on any atom is -0.341 e. The van der Waals surface area contributed by atoms with Crippen LogP contribution in [-0.2, 0) is 11.2 Å². The second-order valence-corrected chi connectivity index (χ2v) is 6.07. The molecule has 26 heavy (non-hydrogen) atoms. The molecule has 0 unspecified atom stereocenters. The standard InChI is InChI=1S/C18H18ClN3O4/c1-3-12-5-4-6-14(9-12)21-17(23)11(2)20-18(24)13-7-8-15(19)16(10-13)22(25)26/h4-11H,3H2,1-2H3,(H,20,24)(H,21,23)/t11-/m0/s1. The van der Waals surface area contributed by atoms with Crippen LogP contribution in [0, 0.1) is 10.1 Å². The van der Waals surface area contributed by atoms with Gasteiger partial charge in [-0.1, -0.05) is 30.7 Å². The first-order chi connectivity index (χ1) is 12.3. The molecule has 1 atom stereocenters. The van der Waals surface area contributed by atoms with E-state index >= 15 is 0 Å². The van der Waals surface area contributed by atoms with Crippen molar-refractivity contribution in [1.82, 2.24) is 5.32 Å². The molecule has 0 fully saturated rings. The predicted octanol–water partition coefficient (Wildman–Crippen LogP) is 3.57. The number of carbonyl (C=O) groups excluding carboxylic acids is 2. The Labute approximate surface area is 155 Å². The van der Waals surface area contributed by atoms with Gasteiger partial charge >= 0.3 is 0 Å². The third-order valence-electron chi connectivity index (χ3n) is 3.75. The molecule has 2 aromatic carbocycles. The van der Waals surface area contributed by atoms with Crippen molar-refractivity contribution in [3.63, 3.8) is 0 Å². The van der Waals surface area contributed by atoms with Crippen LogP contribution in [0.15, 0.2) is 42.5 Å². The summed E-state index contributed by atoms with van der Waals surface area (Å²) < 4.78 is 0. The third-order valence-corrected chi connectivity index (χ3v) is 4.07. The van der Waals surface area contributed by atoms with Crippen LogP contribution in [0.25, 0.3) is 0 Å². The molecule has 136 valence electrons. The molecule has 0 aromatic heterocycles. The summed E-state index contributed by atoms with van der Waals surface area (Å²) >= 11 is 5.73. The Kier molecular flexibility index (Phi) is 6.30. The number of rotatable bonds is 6. The van der Waals surface area contributed by atoms with Gasteiger partial charge in [0.25, 0.3) is 11.6 Å². The number of halogens is 1. The lowest BCUT2D eigenvalue weighted by molar-refractivity contribution is -0.384. The van der Waals surface area contributed by atoms with Gasteiger partial charge in [0, 0.05) is 17.3 Å². The van der Waals surface area contributed by atoms with Crippen molar-refractivity contribution in [2.24, 2.45) is 0 Å². The summed E-state index contributed by atoms with van der Waals surface area (Å²) in [6.07, 6.45) is 0.839. The molecule has 0 radical (unpaired) electrons. The number of anilines is 1. The van der Waals surface area contributed by atoms with Gasteiger partial charge in [0.1, 0.15) is 11.1 Å². The fourth-order valence-corrected chi connectivity index (χ4v) is 2.45. The fraction of sp³-hybridized carbons (Fsp3) is 0.222. The van der Waals surface area contributed by atoms with Gasteiger partial charge in [0.15, 0.2) is 0 Å². The zero-order valence-corrected chi connectivity index (χ0v) is 15.0. The Hall–Kier alpha value is -2.93. The zero-order chi connectivity index (χ0) is 19.3. The van der Waals surface area contributed by atoms with E-state index in [0.717, 1.165) is 18.1 Å². The predicted molar refractivity (Wildman–Crippen MR) is 99.5 cm³/mol. The smallest absolute Gasteiger partial charge is 0.288 e. The Balaban J connectivity index is 2.05. The van der Waals surface area contributed by atoms with E-state index in [-0.39, 0.29) is 16.3 Å². The van der Waals surface area contributed by atoms with E-state index in [9.17, 15) is 19.7 Å². The maximum atomic E-state index is 12.3. The number of aryl methyl sites for hydroxylation is 1.